The van der Waals surface area contributed by atoms with Crippen LogP contribution in [0, 0.1) is 0 Å². The van der Waals surface area contributed by atoms with E-state index in [9.17, 15) is 4.79 Å². The second kappa shape index (κ2) is 10.3. The molecule has 1 aliphatic carbocycles. The summed E-state index contributed by atoms with van der Waals surface area (Å²) in [4.78, 5) is 15.2. The number of hydrogen-bond acceptors (Lipinski definition) is 4. The van der Waals surface area contributed by atoms with Crippen LogP contribution in [0.25, 0.3) is 16.9 Å². The number of ether oxygens (including phenoxy) is 1. The van der Waals surface area contributed by atoms with Crippen LogP contribution in [0.4, 0.5) is 0 Å². The van der Waals surface area contributed by atoms with Crippen LogP contribution in [0.2, 0.25) is 5.02 Å². The summed E-state index contributed by atoms with van der Waals surface area (Å²) in [5, 5.41) is 5.44. The fraction of sp³-hybridized carbons (Fsp3) is 0.333. The number of esters is 1. The Hall–Kier alpha value is -2.34. The number of fused-ring (bicyclic) bond motifs is 3. The Balaban J connectivity index is 0.00000272. The molecule has 0 fully saturated rings. The van der Waals surface area contributed by atoms with Gasteiger partial charge in [0.1, 0.15) is 6.61 Å². The zero-order valence-corrected chi connectivity index (χ0v) is 19.4. The van der Waals surface area contributed by atoms with Crippen molar-refractivity contribution in [1.82, 2.24) is 14.7 Å². The van der Waals surface area contributed by atoms with Crippen molar-refractivity contribution in [3.63, 3.8) is 0 Å². The van der Waals surface area contributed by atoms with Gasteiger partial charge in [0.05, 0.1) is 11.4 Å². The molecular formula is C24H27Cl2N3O2. The van der Waals surface area contributed by atoms with E-state index in [0.717, 1.165) is 60.0 Å². The maximum atomic E-state index is 12.9. The van der Waals surface area contributed by atoms with E-state index in [1.165, 1.54) is 5.56 Å². The highest BCUT2D eigenvalue weighted by Crippen LogP contribution is 2.38. The number of benzene rings is 2. The summed E-state index contributed by atoms with van der Waals surface area (Å²) < 4.78 is 7.47. The largest absolute Gasteiger partial charge is 0.460 e. The highest BCUT2D eigenvalue weighted by Gasteiger charge is 2.29. The minimum Gasteiger partial charge on any atom is -0.460 e. The van der Waals surface area contributed by atoms with Gasteiger partial charge >= 0.3 is 5.97 Å². The van der Waals surface area contributed by atoms with Gasteiger partial charge in [-0.3, -0.25) is 0 Å². The second-order valence-corrected chi connectivity index (χ2v) is 7.82. The van der Waals surface area contributed by atoms with Crippen LogP contribution in [0.5, 0.6) is 0 Å². The lowest BCUT2D eigenvalue weighted by atomic mass is 9.89. The van der Waals surface area contributed by atoms with Crippen molar-refractivity contribution in [3.05, 3.63) is 70.4 Å². The van der Waals surface area contributed by atoms with E-state index < -0.39 is 0 Å². The molecule has 0 saturated heterocycles. The monoisotopic (exact) mass is 459 g/mol. The van der Waals surface area contributed by atoms with Crippen LogP contribution < -0.4 is 0 Å². The van der Waals surface area contributed by atoms with Crippen LogP contribution in [-0.2, 0) is 17.6 Å². The zero-order chi connectivity index (χ0) is 21.1. The maximum absolute atomic E-state index is 12.9. The van der Waals surface area contributed by atoms with E-state index in [0.29, 0.717) is 12.3 Å². The van der Waals surface area contributed by atoms with Gasteiger partial charge < -0.3 is 9.64 Å². The average Bonchev–Trinajstić information content (AvgIpc) is 3.17. The molecular weight excluding hydrogens is 433 g/mol. The molecule has 2 aromatic carbocycles. The van der Waals surface area contributed by atoms with E-state index in [1.807, 2.05) is 53.2 Å². The molecule has 1 aromatic heterocycles. The van der Waals surface area contributed by atoms with E-state index in [1.54, 1.807) is 0 Å². The summed E-state index contributed by atoms with van der Waals surface area (Å²) in [7, 11) is 0. The molecule has 1 aliphatic rings. The summed E-state index contributed by atoms with van der Waals surface area (Å²) in [6.07, 6.45) is 1.55. The van der Waals surface area contributed by atoms with E-state index in [-0.39, 0.29) is 18.4 Å². The number of rotatable bonds is 7. The minimum atomic E-state index is -0.356. The number of nitrogens with zero attached hydrogens (tertiary/aromatic N) is 3. The van der Waals surface area contributed by atoms with Gasteiger partial charge in [-0.05, 0) is 55.8 Å². The first-order valence-electron chi connectivity index (χ1n) is 10.5. The first kappa shape index (κ1) is 23.3. The lowest BCUT2D eigenvalue weighted by Gasteiger charge is -2.19. The quantitative estimate of drug-likeness (QED) is 0.454. The first-order valence-corrected chi connectivity index (χ1v) is 10.9. The van der Waals surface area contributed by atoms with Gasteiger partial charge in [0.15, 0.2) is 5.69 Å². The Morgan fingerprint density at radius 2 is 1.87 bits per heavy atom. The Labute approximate surface area is 194 Å². The molecule has 1 heterocycles. The normalized spacial score (nSPS) is 12.1. The van der Waals surface area contributed by atoms with Gasteiger partial charge in [-0.2, -0.15) is 5.10 Å². The summed E-state index contributed by atoms with van der Waals surface area (Å²) in [6.45, 7) is 7.16. The van der Waals surface area contributed by atoms with Crippen molar-refractivity contribution in [3.8, 4) is 16.9 Å². The number of para-hydroxylation sites is 1. The SMILES string of the molecule is CCN(CC)CCOC(=O)c1nn(-c2ccccc2)c2c1CCc1cc(Cl)ccc1-2.Cl. The van der Waals surface area contributed by atoms with Gasteiger partial charge in [-0.25, -0.2) is 9.48 Å². The molecule has 0 N–H and O–H groups in total. The fourth-order valence-electron chi connectivity index (χ4n) is 4.02. The second-order valence-electron chi connectivity index (χ2n) is 7.39. The number of halogens is 2. The molecule has 5 nitrogen and oxygen atoms in total. The zero-order valence-electron chi connectivity index (χ0n) is 17.8. The van der Waals surface area contributed by atoms with Gasteiger partial charge in [0, 0.05) is 22.7 Å². The molecule has 4 rings (SSSR count). The Kier molecular flexibility index (Phi) is 7.76. The van der Waals surface area contributed by atoms with Gasteiger partial charge in [-0.1, -0.05) is 49.7 Å². The van der Waals surface area contributed by atoms with E-state index >= 15 is 0 Å². The molecule has 0 radical (unpaired) electrons. The van der Waals surface area contributed by atoms with Crippen molar-refractivity contribution in [2.75, 3.05) is 26.2 Å². The Morgan fingerprint density at radius 3 is 2.58 bits per heavy atom. The van der Waals surface area contributed by atoms with E-state index in [4.69, 9.17) is 21.4 Å². The van der Waals surface area contributed by atoms with Crippen molar-refractivity contribution in [2.45, 2.75) is 26.7 Å². The number of aryl methyl sites for hydroxylation is 1. The molecule has 0 saturated carbocycles. The van der Waals surface area contributed by atoms with Crippen LogP contribution in [0.3, 0.4) is 0 Å². The average molecular weight is 460 g/mol. The number of hydrogen-bond donors (Lipinski definition) is 0. The summed E-state index contributed by atoms with van der Waals surface area (Å²) in [5.74, 6) is -0.356. The molecule has 0 atom stereocenters. The smallest absolute Gasteiger partial charge is 0.359 e. The molecule has 0 amide bonds. The topological polar surface area (TPSA) is 47.4 Å². The van der Waals surface area contributed by atoms with Crippen molar-refractivity contribution < 1.29 is 9.53 Å². The molecule has 164 valence electrons. The third kappa shape index (κ3) is 4.79. The molecule has 0 aliphatic heterocycles. The third-order valence-electron chi connectivity index (χ3n) is 5.68. The predicted octanol–water partition coefficient (Wildman–Crippen LogP) is 5.21. The first-order chi connectivity index (χ1) is 14.6. The molecule has 31 heavy (non-hydrogen) atoms. The van der Waals surface area contributed by atoms with Crippen LogP contribution >= 0.6 is 24.0 Å². The third-order valence-corrected chi connectivity index (χ3v) is 5.91. The number of likely N-dealkylation sites (N-methyl/N-ethyl adjacent to an activating group) is 1. The number of carbonyl (C=O) groups excluding carboxylic acids is 1. The molecule has 0 spiro atoms. The molecule has 0 bridgehead atoms. The number of aromatic nitrogens is 2. The minimum absolute atomic E-state index is 0. The summed E-state index contributed by atoms with van der Waals surface area (Å²) in [5.41, 5.74) is 5.47. The lowest BCUT2D eigenvalue weighted by Crippen LogP contribution is -2.28. The maximum Gasteiger partial charge on any atom is 0.359 e. The van der Waals surface area contributed by atoms with Crippen molar-refractivity contribution in [1.29, 1.82) is 0 Å². The standard InChI is InChI=1S/C24H26ClN3O2.ClH/c1-3-27(4-2)14-15-30-24(29)22-21-12-10-17-16-18(25)11-13-20(17)23(21)28(26-22)19-8-6-5-7-9-19;/h5-9,11,13,16H,3-4,10,12,14-15H2,1-2H3;1H. The highest BCUT2D eigenvalue weighted by molar-refractivity contribution is 6.30. The number of carbonyl (C=O) groups is 1. The van der Waals surface area contributed by atoms with Gasteiger partial charge in [-0.15, -0.1) is 12.4 Å². The summed E-state index contributed by atoms with van der Waals surface area (Å²) >= 11 is 6.22. The summed E-state index contributed by atoms with van der Waals surface area (Å²) in [6, 6.07) is 15.8. The lowest BCUT2D eigenvalue weighted by molar-refractivity contribution is 0.0458. The fourth-order valence-corrected chi connectivity index (χ4v) is 4.21. The van der Waals surface area contributed by atoms with Crippen LogP contribution in [0.1, 0.15) is 35.5 Å². The molecule has 7 heteroatoms. The van der Waals surface area contributed by atoms with Gasteiger partial charge in [0.25, 0.3) is 0 Å². The van der Waals surface area contributed by atoms with Crippen LogP contribution in [0.15, 0.2) is 48.5 Å². The Morgan fingerprint density at radius 1 is 1.13 bits per heavy atom. The van der Waals surface area contributed by atoms with Gasteiger partial charge in [0.2, 0.25) is 0 Å². The molecule has 0 unspecified atom stereocenters. The molecule has 3 aromatic rings. The van der Waals surface area contributed by atoms with E-state index in [2.05, 4.69) is 18.7 Å². The van der Waals surface area contributed by atoms with Crippen LogP contribution in [-0.4, -0.2) is 46.9 Å². The highest BCUT2D eigenvalue weighted by atomic mass is 35.5. The van der Waals surface area contributed by atoms with Crippen molar-refractivity contribution in [2.24, 2.45) is 0 Å². The van der Waals surface area contributed by atoms with Crippen molar-refractivity contribution >= 4 is 30.0 Å². The predicted molar refractivity (Wildman–Crippen MR) is 127 cm³/mol. The Bertz CT molecular complexity index is 1050.